The number of hydrogen-bond donors (Lipinski definition) is 2. The summed E-state index contributed by atoms with van der Waals surface area (Å²) in [7, 11) is 0. The summed E-state index contributed by atoms with van der Waals surface area (Å²) in [6, 6.07) is 21.0. The number of halogens is 1. The lowest BCUT2D eigenvalue weighted by Crippen LogP contribution is -2.40. The number of carbonyl (C=O) groups excluding carboxylic acids is 1. The molecule has 1 heterocycles. The molecular formula is C20H19ClN2OS. The van der Waals surface area contributed by atoms with E-state index in [1.807, 2.05) is 48.7 Å². The molecule has 2 aromatic carbocycles. The van der Waals surface area contributed by atoms with E-state index in [0.29, 0.717) is 10.7 Å². The Morgan fingerprint density at radius 1 is 1.04 bits per heavy atom. The van der Waals surface area contributed by atoms with Crippen molar-refractivity contribution in [3.63, 3.8) is 0 Å². The number of carbonyl (C=O) groups is 1. The normalized spacial score (nSPS) is 13.2. The van der Waals surface area contributed by atoms with Gasteiger partial charge in [-0.3, -0.25) is 10.1 Å². The Hall–Kier alpha value is -2.14. The second-order valence-corrected chi connectivity index (χ2v) is 7.16. The van der Waals surface area contributed by atoms with E-state index < -0.39 is 0 Å². The zero-order valence-electron chi connectivity index (χ0n) is 13.8. The van der Waals surface area contributed by atoms with Gasteiger partial charge in [0.05, 0.1) is 12.1 Å². The van der Waals surface area contributed by atoms with Gasteiger partial charge < -0.3 is 5.32 Å². The smallest absolute Gasteiger partial charge is 0.241 e. The van der Waals surface area contributed by atoms with Crippen LogP contribution >= 0.6 is 22.9 Å². The molecule has 3 rings (SSSR count). The van der Waals surface area contributed by atoms with Crippen LogP contribution in [0.4, 0.5) is 5.69 Å². The van der Waals surface area contributed by atoms with E-state index >= 15 is 0 Å². The van der Waals surface area contributed by atoms with Gasteiger partial charge in [0.15, 0.2) is 0 Å². The van der Waals surface area contributed by atoms with Crippen LogP contribution in [-0.2, 0) is 4.79 Å². The van der Waals surface area contributed by atoms with Gasteiger partial charge in [-0.2, -0.15) is 0 Å². The van der Waals surface area contributed by atoms with Crippen molar-refractivity contribution >= 4 is 34.5 Å². The lowest BCUT2D eigenvalue weighted by molar-refractivity contribution is -0.117. The second kappa shape index (κ2) is 8.30. The minimum atomic E-state index is -0.369. The molecule has 0 spiro atoms. The van der Waals surface area contributed by atoms with Gasteiger partial charge in [-0.25, -0.2) is 0 Å². The largest absolute Gasteiger partial charge is 0.325 e. The second-order valence-electron chi connectivity index (χ2n) is 5.75. The van der Waals surface area contributed by atoms with E-state index in [2.05, 4.69) is 28.8 Å². The molecule has 0 bridgehead atoms. The van der Waals surface area contributed by atoms with Crippen LogP contribution in [0.3, 0.4) is 0 Å². The average molecular weight is 371 g/mol. The molecule has 1 amide bonds. The molecule has 0 aliphatic rings. The standard InChI is InChI=1S/C20H19ClN2OS/c1-14(20(24)23-17-10-5-9-16(21)13-17)22-19(18-11-6-12-25-18)15-7-3-2-4-8-15/h2-14,19,22H,1H3,(H,23,24)/t14-,19-/m0/s1. The van der Waals surface area contributed by atoms with Crippen LogP contribution in [0.1, 0.15) is 23.4 Å². The lowest BCUT2D eigenvalue weighted by Gasteiger charge is -2.22. The quantitative estimate of drug-likeness (QED) is 0.633. The molecule has 0 fully saturated rings. The monoisotopic (exact) mass is 370 g/mol. The van der Waals surface area contributed by atoms with Gasteiger partial charge in [0.1, 0.15) is 0 Å². The highest BCUT2D eigenvalue weighted by molar-refractivity contribution is 7.10. The summed E-state index contributed by atoms with van der Waals surface area (Å²) in [5.41, 5.74) is 1.82. The molecule has 3 nitrogen and oxygen atoms in total. The van der Waals surface area contributed by atoms with Gasteiger partial charge in [0.25, 0.3) is 0 Å². The topological polar surface area (TPSA) is 41.1 Å². The molecule has 2 N–H and O–H groups in total. The molecular weight excluding hydrogens is 352 g/mol. The maximum atomic E-state index is 12.5. The van der Waals surface area contributed by atoms with Crippen molar-refractivity contribution in [2.75, 3.05) is 5.32 Å². The van der Waals surface area contributed by atoms with Crippen LogP contribution in [0.25, 0.3) is 0 Å². The molecule has 0 aliphatic heterocycles. The highest BCUT2D eigenvalue weighted by atomic mass is 35.5. The number of rotatable bonds is 6. The van der Waals surface area contributed by atoms with E-state index in [0.717, 1.165) is 5.56 Å². The summed E-state index contributed by atoms with van der Waals surface area (Å²) in [5, 5.41) is 8.98. The van der Waals surface area contributed by atoms with E-state index in [1.165, 1.54) is 4.88 Å². The van der Waals surface area contributed by atoms with Crippen molar-refractivity contribution in [3.05, 3.63) is 87.6 Å². The minimum absolute atomic E-state index is 0.0266. The predicted octanol–water partition coefficient (Wildman–Crippen LogP) is 5.11. The maximum absolute atomic E-state index is 12.5. The number of hydrogen-bond acceptors (Lipinski definition) is 3. The summed E-state index contributed by atoms with van der Waals surface area (Å²) >= 11 is 7.65. The average Bonchev–Trinajstić information content (AvgIpc) is 3.14. The van der Waals surface area contributed by atoms with Crippen LogP contribution in [0.5, 0.6) is 0 Å². The Balaban J connectivity index is 1.74. The predicted molar refractivity (Wildman–Crippen MR) is 105 cm³/mol. The maximum Gasteiger partial charge on any atom is 0.241 e. The van der Waals surface area contributed by atoms with Crippen LogP contribution < -0.4 is 10.6 Å². The fourth-order valence-corrected chi connectivity index (χ4v) is 3.59. The molecule has 2 atom stereocenters. The van der Waals surface area contributed by atoms with Gasteiger partial charge in [-0.05, 0) is 42.1 Å². The lowest BCUT2D eigenvalue weighted by atomic mass is 10.0. The SMILES string of the molecule is C[C@H](N[C@@H](c1ccccc1)c1cccs1)C(=O)Nc1cccc(Cl)c1. The first-order valence-corrected chi connectivity index (χ1v) is 9.30. The van der Waals surface area contributed by atoms with Crippen molar-refractivity contribution < 1.29 is 4.79 Å². The molecule has 0 aliphatic carbocycles. The summed E-state index contributed by atoms with van der Waals surface area (Å²) in [6.45, 7) is 1.86. The molecule has 5 heteroatoms. The van der Waals surface area contributed by atoms with Crippen molar-refractivity contribution in [2.24, 2.45) is 0 Å². The Morgan fingerprint density at radius 3 is 2.52 bits per heavy atom. The Kier molecular flexibility index (Phi) is 5.87. The Labute approximate surface area is 156 Å². The van der Waals surface area contributed by atoms with Gasteiger partial charge in [-0.1, -0.05) is 54.1 Å². The summed E-state index contributed by atoms with van der Waals surface area (Å²) in [4.78, 5) is 13.7. The summed E-state index contributed by atoms with van der Waals surface area (Å²) in [5.74, 6) is -0.0975. The third kappa shape index (κ3) is 4.69. The molecule has 0 saturated carbocycles. The molecule has 25 heavy (non-hydrogen) atoms. The molecule has 0 unspecified atom stereocenters. The molecule has 3 aromatic rings. The first-order valence-electron chi connectivity index (χ1n) is 8.04. The molecule has 0 radical (unpaired) electrons. The fraction of sp³-hybridized carbons (Fsp3) is 0.150. The number of amides is 1. The third-order valence-corrected chi connectivity index (χ3v) is 5.03. The van der Waals surface area contributed by atoms with E-state index in [9.17, 15) is 4.79 Å². The number of nitrogens with one attached hydrogen (secondary N) is 2. The van der Waals surface area contributed by atoms with Crippen LogP contribution in [-0.4, -0.2) is 11.9 Å². The van der Waals surface area contributed by atoms with Crippen LogP contribution in [0, 0.1) is 0 Å². The Morgan fingerprint density at radius 2 is 1.84 bits per heavy atom. The van der Waals surface area contributed by atoms with Crippen molar-refractivity contribution in [1.29, 1.82) is 0 Å². The summed E-state index contributed by atoms with van der Waals surface area (Å²) < 4.78 is 0. The van der Waals surface area contributed by atoms with E-state index in [1.54, 1.807) is 23.5 Å². The van der Waals surface area contributed by atoms with Crippen LogP contribution in [0.2, 0.25) is 5.02 Å². The van der Waals surface area contributed by atoms with Gasteiger partial charge in [-0.15, -0.1) is 11.3 Å². The highest BCUT2D eigenvalue weighted by Gasteiger charge is 2.21. The Bertz CT molecular complexity index is 821. The third-order valence-electron chi connectivity index (χ3n) is 3.86. The molecule has 1 aromatic heterocycles. The molecule has 128 valence electrons. The van der Waals surface area contributed by atoms with E-state index in [-0.39, 0.29) is 18.0 Å². The summed E-state index contributed by atoms with van der Waals surface area (Å²) in [6.07, 6.45) is 0. The van der Waals surface area contributed by atoms with E-state index in [4.69, 9.17) is 11.6 Å². The first-order chi connectivity index (χ1) is 12.1. The minimum Gasteiger partial charge on any atom is -0.325 e. The van der Waals surface area contributed by atoms with Crippen molar-refractivity contribution in [3.8, 4) is 0 Å². The molecule has 0 saturated heterocycles. The zero-order valence-corrected chi connectivity index (χ0v) is 15.3. The van der Waals surface area contributed by atoms with Crippen molar-refractivity contribution in [1.82, 2.24) is 5.32 Å². The van der Waals surface area contributed by atoms with Crippen LogP contribution in [0.15, 0.2) is 72.1 Å². The van der Waals surface area contributed by atoms with Gasteiger partial charge >= 0.3 is 0 Å². The van der Waals surface area contributed by atoms with Crippen molar-refractivity contribution in [2.45, 2.75) is 19.0 Å². The number of anilines is 1. The fourth-order valence-electron chi connectivity index (χ4n) is 2.59. The van der Waals surface area contributed by atoms with Gasteiger partial charge in [0, 0.05) is 15.6 Å². The zero-order chi connectivity index (χ0) is 17.6. The van der Waals surface area contributed by atoms with Gasteiger partial charge in [0.2, 0.25) is 5.91 Å². The first kappa shape index (κ1) is 17.7. The number of benzene rings is 2. The number of thiophene rings is 1. The highest BCUT2D eigenvalue weighted by Crippen LogP contribution is 2.26.